The van der Waals surface area contributed by atoms with Crippen molar-refractivity contribution in [1.82, 2.24) is 4.90 Å². The van der Waals surface area contributed by atoms with Crippen molar-refractivity contribution >= 4 is 8.80 Å². The Hall–Kier alpha value is -0.123. The maximum absolute atomic E-state index is 5.76. The molecule has 0 saturated carbocycles. The predicted molar refractivity (Wildman–Crippen MR) is 87.6 cm³/mol. The van der Waals surface area contributed by atoms with Gasteiger partial charge in [-0.3, -0.25) is 4.90 Å². The minimum Gasteiger partial charge on any atom is -0.373 e. The first-order chi connectivity index (χ1) is 9.11. The predicted octanol–water partition coefficient (Wildman–Crippen LogP) is 3.63. The van der Waals surface area contributed by atoms with Crippen LogP contribution in [0.1, 0.15) is 46.0 Å². The third-order valence-electron chi connectivity index (χ3n) is 4.03. The zero-order valence-corrected chi connectivity index (χ0v) is 14.4. The summed E-state index contributed by atoms with van der Waals surface area (Å²) in [6, 6.07) is 1.45. The molecule has 2 nitrogen and oxygen atoms in total. The van der Waals surface area contributed by atoms with Gasteiger partial charge >= 0.3 is 0 Å². The minimum absolute atomic E-state index is 0.411. The number of ether oxygens (including phenoxy) is 1. The van der Waals surface area contributed by atoms with Crippen molar-refractivity contribution in [3.8, 4) is 0 Å². The standard InChI is InChI=1S/C16H33NOSi/c1-5-19(4)12-10-8-6-7-9-11-17-13-15(2)18-16(3)14-17/h5,15-16,19H,1,6-14H2,2-4H3. The summed E-state index contributed by atoms with van der Waals surface area (Å²) < 4.78 is 5.76. The van der Waals surface area contributed by atoms with Gasteiger partial charge < -0.3 is 4.74 Å². The zero-order chi connectivity index (χ0) is 14.1. The second-order valence-electron chi connectivity index (χ2n) is 6.29. The van der Waals surface area contributed by atoms with Gasteiger partial charge in [-0.05, 0) is 26.8 Å². The Morgan fingerprint density at radius 3 is 2.32 bits per heavy atom. The van der Waals surface area contributed by atoms with Gasteiger partial charge in [-0.15, -0.1) is 12.3 Å². The molecule has 0 amide bonds. The van der Waals surface area contributed by atoms with Gasteiger partial charge in [0.05, 0.1) is 21.0 Å². The van der Waals surface area contributed by atoms with Gasteiger partial charge in [-0.25, -0.2) is 0 Å². The number of hydrogen-bond acceptors (Lipinski definition) is 2. The van der Waals surface area contributed by atoms with Gasteiger partial charge in [-0.1, -0.05) is 38.3 Å². The van der Waals surface area contributed by atoms with Crippen LogP contribution in [0.5, 0.6) is 0 Å². The molecule has 0 aromatic rings. The molecule has 0 radical (unpaired) electrons. The van der Waals surface area contributed by atoms with Crippen LogP contribution in [0.2, 0.25) is 12.6 Å². The molecular formula is C16H33NOSi. The Bertz CT molecular complexity index is 237. The van der Waals surface area contributed by atoms with Crippen LogP contribution in [-0.2, 0) is 4.74 Å². The molecule has 1 heterocycles. The van der Waals surface area contributed by atoms with E-state index in [0.717, 1.165) is 13.1 Å². The van der Waals surface area contributed by atoms with Crippen molar-refractivity contribution in [3.05, 3.63) is 12.3 Å². The van der Waals surface area contributed by atoms with E-state index in [4.69, 9.17) is 4.74 Å². The molecule has 1 fully saturated rings. The van der Waals surface area contributed by atoms with Crippen LogP contribution in [0.25, 0.3) is 0 Å². The molecule has 3 heteroatoms. The third kappa shape index (κ3) is 7.90. The lowest BCUT2D eigenvalue weighted by atomic mass is 10.1. The Morgan fingerprint density at radius 2 is 1.68 bits per heavy atom. The summed E-state index contributed by atoms with van der Waals surface area (Å²) in [5.74, 6) is 0. The molecule has 0 aromatic carbocycles. The van der Waals surface area contributed by atoms with E-state index in [9.17, 15) is 0 Å². The Kier molecular flexibility index (Phi) is 8.67. The zero-order valence-electron chi connectivity index (χ0n) is 13.2. The molecule has 0 aliphatic carbocycles. The first-order valence-corrected chi connectivity index (χ1v) is 10.8. The number of nitrogens with zero attached hydrogens (tertiary/aromatic N) is 1. The molecule has 0 bridgehead atoms. The molecule has 1 saturated heterocycles. The van der Waals surface area contributed by atoms with Gasteiger partial charge in [-0.2, -0.15) is 0 Å². The molecule has 3 unspecified atom stereocenters. The summed E-state index contributed by atoms with van der Waals surface area (Å²) in [6.07, 6.45) is 7.82. The third-order valence-corrected chi connectivity index (χ3v) is 6.16. The molecule has 3 atom stereocenters. The van der Waals surface area contributed by atoms with Gasteiger partial charge in [0.2, 0.25) is 0 Å². The SMILES string of the molecule is C=C[SiH](C)CCCCCCCN1CC(C)OC(C)C1. The Morgan fingerprint density at radius 1 is 1.11 bits per heavy atom. The van der Waals surface area contributed by atoms with Crippen molar-refractivity contribution in [2.75, 3.05) is 19.6 Å². The Balaban J connectivity index is 1.94. The van der Waals surface area contributed by atoms with E-state index < -0.39 is 8.80 Å². The van der Waals surface area contributed by atoms with E-state index in [2.05, 4.69) is 37.6 Å². The monoisotopic (exact) mass is 283 g/mol. The molecule has 0 N–H and O–H groups in total. The summed E-state index contributed by atoms with van der Waals surface area (Å²) in [5, 5.41) is 0. The molecule has 0 aromatic heterocycles. The van der Waals surface area contributed by atoms with E-state index in [-0.39, 0.29) is 0 Å². The Labute approximate surface area is 121 Å². The first-order valence-electron chi connectivity index (χ1n) is 8.12. The number of morpholine rings is 1. The summed E-state index contributed by atoms with van der Waals surface area (Å²) in [5.41, 5.74) is 2.21. The fraction of sp³-hybridized carbons (Fsp3) is 0.875. The van der Waals surface area contributed by atoms with Crippen molar-refractivity contribution in [2.45, 2.75) is 70.8 Å². The highest BCUT2D eigenvalue weighted by Gasteiger charge is 2.21. The lowest BCUT2D eigenvalue weighted by molar-refractivity contribution is -0.0681. The van der Waals surface area contributed by atoms with Gasteiger partial charge in [0.1, 0.15) is 0 Å². The highest BCUT2D eigenvalue weighted by atomic mass is 28.3. The van der Waals surface area contributed by atoms with Crippen LogP contribution < -0.4 is 0 Å². The maximum Gasteiger partial charge on any atom is 0.0678 e. The number of unbranched alkanes of at least 4 members (excludes halogenated alkanes) is 4. The molecule has 0 spiro atoms. The molecule has 112 valence electrons. The fourth-order valence-corrected chi connectivity index (χ4v) is 4.09. The number of hydrogen-bond donors (Lipinski definition) is 0. The fourth-order valence-electron chi connectivity index (χ4n) is 2.92. The molecule has 1 aliphatic rings. The van der Waals surface area contributed by atoms with Crippen LogP contribution in [0.4, 0.5) is 0 Å². The van der Waals surface area contributed by atoms with E-state index in [1.807, 2.05) is 0 Å². The van der Waals surface area contributed by atoms with Crippen LogP contribution in [0, 0.1) is 0 Å². The highest BCUT2D eigenvalue weighted by molar-refractivity contribution is 6.62. The molecule has 1 aliphatic heterocycles. The summed E-state index contributed by atoms with van der Waals surface area (Å²) in [4.78, 5) is 2.57. The van der Waals surface area contributed by atoms with Crippen LogP contribution in [-0.4, -0.2) is 45.5 Å². The lowest BCUT2D eigenvalue weighted by Gasteiger charge is -2.35. The second kappa shape index (κ2) is 9.73. The van der Waals surface area contributed by atoms with Crippen molar-refractivity contribution in [1.29, 1.82) is 0 Å². The lowest BCUT2D eigenvalue weighted by Crippen LogP contribution is -2.45. The maximum atomic E-state index is 5.76. The molecule has 1 rings (SSSR count). The summed E-state index contributed by atoms with van der Waals surface area (Å²) in [7, 11) is -0.536. The van der Waals surface area contributed by atoms with E-state index in [0.29, 0.717) is 12.2 Å². The first kappa shape index (κ1) is 16.9. The van der Waals surface area contributed by atoms with Crippen molar-refractivity contribution in [2.24, 2.45) is 0 Å². The van der Waals surface area contributed by atoms with Crippen LogP contribution >= 0.6 is 0 Å². The van der Waals surface area contributed by atoms with Gasteiger partial charge in [0, 0.05) is 13.1 Å². The average Bonchev–Trinajstić information content (AvgIpc) is 2.36. The smallest absolute Gasteiger partial charge is 0.0678 e. The average molecular weight is 284 g/mol. The van der Waals surface area contributed by atoms with Crippen molar-refractivity contribution in [3.63, 3.8) is 0 Å². The highest BCUT2D eigenvalue weighted by Crippen LogP contribution is 2.13. The largest absolute Gasteiger partial charge is 0.373 e. The molecule has 19 heavy (non-hydrogen) atoms. The van der Waals surface area contributed by atoms with Gasteiger partial charge in [0.15, 0.2) is 0 Å². The normalized spacial score (nSPS) is 26.3. The molecular weight excluding hydrogens is 250 g/mol. The number of rotatable bonds is 9. The summed E-state index contributed by atoms with van der Waals surface area (Å²) in [6.45, 7) is 14.2. The van der Waals surface area contributed by atoms with E-state index in [1.54, 1.807) is 0 Å². The van der Waals surface area contributed by atoms with E-state index >= 15 is 0 Å². The van der Waals surface area contributed by atoms with E-state index in [1.165, 1.54) is 44.7 Å². The van der Waals surface area contributed by atoms with Crippen LogP contribution in [0.3, 0.4) is 0 Å². The minimum atomic E-state index is -0.536. The quantitative estimate of drug-likeness (QED) is 0.473. The topological polar surface area (TPSA) is 12.5 Å². The summed E-state index contributed by atoms with van der Waals surface area (Å²) >= 11 is 0. The van der Waals surface area contributed by atoms with Crippen LogP contribution in [0.15, 0.2) is 12.3 Å². The van der Waals surface area contributed by atoms with Crippen molar-refractivity contribution < 1.29 is 4.74 Å². The second-order valence-corrected chi connectivity index (χ2v) is 9.29. The van der Waals surface area contributed by atoms with Gasteiger partial charge in [0.25, 0.3) is 0 Å².